The Bertz CT molecular complexity index is 621. The molecule has 1 fully saturated rings. The molecule has 2 aliphatic carbocycles. The minimum absolute atomic E-state index is 0.167. The Labute approximate surface area is 174 Å². The number of carbonyl (C=O) groups is 3. The van der Waals surface area contributed by atoms with E-state index in [1.165, 1.54) is 12.0 Å². The van der Waals surface area contributed by atoms with Crippen molar-refractivity contribution in [2.24, 2.45) is 23.7 Å². The first-order valence-electron chi connectivity index (χ1n) is 10.7. The largest absolute Gasteiger partial charge is 0.481 e. The molecule has 0 aromatic carbocycles. The maximum atomic E-state index is 11.3. The number of ether oxygens (including phenoxy) is 1. The van der Waals surface area contributed by atoms with Crippen LogP contribution < -0.4 is 0 Å². The second-order valence-corrected chi connectivity index (χ2v) is 8.06. The molecule has 1 heterocycles. The van der Waals surface area contributed by atoms with Crippen molar-refractivity contribution >= 4 is 17.7 Å². The Morgan fingerprint density at radius 2 is 1.97 bits per heavy atom. The van der Waals surface area contributed by atoms with Crippen molar-refractivity contribution in [2.45, 2.75) is 72.3 Å². The predicted molar refractivity (Wildman–Crippen MR) is 111 cm³/mol. The third kappa shape index (κ3) is 8.52. The van der Waals surface area contributed by atoms with E-state index in [9.17, 15) is 14.4 Å². The summed E-state index contributed by atoms with van der Waals surface area (Å²) >= 11 is 0. The molecule has 5 unspecified atom stereocenters. The van der Waals surface area contributed by atoms with Crippen LogP contribution in [0.2, 0.25) is 0 Å². The minimum Gasteiger partial charge on any atom is -0.481 e. The van der Waals surface area contributed by atoms with E-state index >= 15 is 0 Å². The van der Waals surface area contributed by atoms with E-state index in [0.29, 0.717) is 30.6 Å². The van der Waals surface area contributed by atoms with Crippen molar-refractivity contribution in [1.29, 1.82) is 0 Å². The average molecular weight is 409 g/mol. The van der Waals surface area contributed by atoms with Gasteiger partial charge in [-0.05, 0) is 42.2 Å². The number of ketones is 1. The van der Waals surface area contributed by atoms with Gasteiger partial charge in [0, 0.05) is 12.8 Å². The molecule has 0 saturated carbocycles. The van der Waals surface area contributed by atoms with Crippen LogP contribution in [0.15, 0.2) is 23.8 Å². The summed E-state index contributed by atoms with van der Waals surface area (Å²) in [5.41, 5.74) is 1.28. The number of cyclic esters (lactones) is 1. The van der Waals surface area contributed by atoms with Gasteiger partial charge < -0.3 is 14.9 Å². The van der Waals surface area contributed by atoms with Crippen LogP contribution in [0.1, 0.15) is 66.2 Å². The Kier molecular flexibility index (Phi) is 10.9. The lowest BCUT2D eigenvalue weighted by Gasteiger charge is -2.36. The highest BCUT2D eigenvalue weighted by Gasteiger charge is 2.32. The zero-order chi connectivity index (χ0) is 22.0. The molecule has 3 rings (SSSR count). The number of carboxylic acid groups (broad SMARTS) is 1. The van der Waals surface area contributed by atoms with E-state index in [2.05, 4.69) is 30.7 Å². The first kappa shape index (κ1) is 25.1. The summed E-state index contributed by atoms with van der Waals surface area (Å²) in [7, 11) is 0. The standard InChI is InChI=1S/C13H18O.C5H8O3.C5H10O2/c1-3-12-9(2)4-5-10-8-11(14)6-7-13(10)12;6-4-1-2-8-5(7)3-4;1-3-4(2)5(6)7/h4-5,8-9,12-13H,3,6-7H2,1-2H3;4,6H,1-3H2;4H,3H2,1-2H3,(H,6,7). The lowest BCUT2D eigenvalue weighted by atomic mass is 9.69. The summed E-state index contributed by atoms with van der Waals surface area (Å²) in [6.45, 7) is 8.48. The van der Waals surface area contributed by atoms with Crippen LogP contribution >= 0.6 is 0 Å². The van der Waals surface area contributed by atoms with Crippen molar-refractivity contribution in [2.75, 3.05) is 6.61 Å². The van der Waals surface area contributed by atoms with Crippen LogP contribution in [0, 0.1) is 23.7 Å². The fourth-order valence-corrected chi connectivity index (χ4v) is 3.73. The van der Waals surface area contributed by atoms with Crippen molar-refractivity contribution < 1.29 is 29.3 Å². The predicted octanol–water partition coefficient (Wildman–Crippen LogP) is 3.93. The quantitative estimate of drug-likeness (QED) is 0.686. The number of aliphatic hydroxyl groups excluding tert-OH is 1. The molecule has 0 bridgehead atoms. The molecule has 0 aromatic heterocycles. The second-order valence-electron chi connectivity index (χ2n) is 8.06. The Hall–Kier alpha value is -1.95. The number of rotatable bonds is 3. The summed E-state index contributed by atoms with van der Waals surface area (Å²) in [5, 5.41) is 17.0. The van der Waals surface area contributed by atoms with E-state index in [4.69, 9.17) is 10.2 Å². The molecule has 6 heteroatoms. The van der Waals surface area contributed by atoms with Crippen molar-refractivity contribution in [1.82, 2.24) is 0 Å². The summed E-state index contributed by atoms with van der Waals surface area (Å²) in [5.74, 6) is 1.21. The zero-order valence-corrected chi connectivity index (χ0v) is 18.1. The number of carboxylic acids is 1. The van der Waals surface area contributed by atoms with E-state index in [1.54, 1.807) is 6.92 Å². The fraction of sp³-hybridized carbons (Fsp3) is 0.696. The van der Waals surface area contributed by atoms with Gasteiger partial charge in [0.1, 0.15) is 0 Å². The Morgan fingerprint density at radius 3 is 2.41 bits per heavy atom. The summed E-state index contributed by atoms with van der Waals surface area (Å²) in [4.78, 5) is 31.5. The van der Waals surface area contributed by atoms with Crippen LogP contribution in [0.3, 0.4) is 0 Å². The van der Waals surface area contributed by atoms with Gasteiger partial charge in [-0.15, -0.1) is 0 Å². The number of allylic oxidation sites excluding steroid dienone is 4. The van der Waals surface area contributed by atoms with Crippen molar-refractivity contribution in [3.05, 3.63) is 23.8 Å². The molecule has 0 spiro atoms. The molecule has 0 aromatic rings. The third-order valence-corrected chi connectivity index (χ3v) is 5.86. The van der Waals surface area contributed by atoms with Crippen molar-refractivity contribution in [3.8, 4) is 0 Å². The van der Waals surface area contributed by atoms with Gasteiger partial charge in [0.05, 0.1) is 25.0 Å². The molecule has 29 heavy (non-hydrogen) atoms. The first-order valence-corrected chi connectivity index (χ1v) is 10.7. The van der Waals surface area contributed by atoms with E-state index in [-0.39, 0.29) is 18.3 Å². The van der Waals surface area contributed by atoms with Gasteiger partial charge in [-0.2, -0.15) is 0 Å². The third-order valence-electron chi connectivity index (χ3n) is 5.86. The maximum absolute atomic E-state index is 11.3. The van der Waals surface area contributed by atoms with E-state index in [0.717, 1.165) is 25.2 Å². The number of hydrogen-bond acceptors (Lipinski definition) is 5. The molecule has 1 aliphatic heterocycles. The van der Waals surface area contributed by atoms with Crippen LogP contribution in [0.25, 0.3) is 0 Å². The number of hydrogen-bond donors (Lipinski definition) is 2. The summed E-state index contributed by atoms with van der Waals surface area (Å²) < 4.78 is 4.55. The average Bonchev–Trinajstić information content (AvgIpc) is 2.68. The number of aliphatic hydroxyl groups is 1. The fourth-order valence-electron chi connectivity index (χ4n) is 3.73. The highest BCUT2D eigenvalue weighted by molar-refractivity contribution is 5.91. The zero-order valence-electron chi connectivity index (χ0n) is 18.1. The van der Waals surface area contributed by atoms with Crippen LogP contribution in [-0.4, -0.2) is 40.6 Å². The Balaban J connectivity index is 0.000000240. The highest BCUT2D eigenvalue weighted by atomic mass is 16.5. The van der Waals surface area contributed by atoms with Gasteiger partial charge in [-0.25, -0.2) is 0 Å². The number of aliphatic carboxylic acids is 1. The first-order chi connectivity index (χ1) is 13.7. The molecule has 0 amide bonds. The molecule has 3 aliphatic rings. The molecular formula is C23H36O6. The van der Waals surface area contributed by atoms with E-state index in [1.807, 2.05) is 13.0 Å². The molecule has 2 N–H and O–H groups in total. The van der Waals surface area contributed by atoms with Gasteiger partial charge >= 0.3 is 11.9 Å². The molecular weight excluding hydrogens is 372 g/mol. The minimum atomic E-state index is -0.706. The second kappa shape index (κ2) is 12.6. The smallest absolute Gasteiger partial charge is 0.308 e. The summed E-state index contributed by atoms with van der Waals surface area (Å²) in [6.07, 6.45) is 10.3. The van der Waals surface area contributed by atoms with Gasteiger partial charge in [0.15, 0.2) is 5.78 Å². The van der Waals surface area contributed by atoms with Gasteiger partial charge in [0.2, 0.25) is 0 Å². The lowest BCUT2D eigenvalue weighted by Crippen LogP contribution is -2.28. The van der Waals surface area contributed by atoms with Gasteiger partial charge in [-0.3, -0.25) is 14.4 Å². The van der Waals surface area contributed by atoms with Crippen LogP contribution in [-0.2, 0) is 19.1 Å². The topological polar surface area (TPSA) is 101 Å². The lowest BCUT2D eigenvalue weighted by molar-refractivity contribution is -0.151. The van der Waals surface area contributed by atoms with E-state index < -0.39 is 12.1 Å². The SMILES string of the molecule is CCC(C)C(=O)O.CCC1C(C)C=CC2=CC(=O)CCC21.O=C1CC(O)CCO1. The van der Waals surface area contributed by atoms with Crippen molar-refractivity contribution in [3.63, 3.8) is 0 Å². The number of carbonyl (C=O) groups excluding carboxylic acids is 2. The molecule has 164 valence electrons. The Morgan fingerprint density at radius 1 is 1.28 bits per heavy atom. The summed E-state index contributed by atoms with van der Waals surface area (Å²) in [6, 6.07) is 0. The highest BCUT2D eigenvalue weighted by Crippen LogP contribution is 2.40. The molecule has 1 saturated heterocycles. The molecule has 6 nitrogen and oxygen atoms in total. The van der Waals surface area contributed by atoms with Crippen LogP contribution in [0.5, 0.6) is 0 Å². The molecule has 0 radical (unpaired) electrons. The van der Waals surface area contributed by atoms with Gasteiger partial charge in [0.25, 0.3) is 0 Å². The maximum Gasteiger partial charge on any atom is 0.308 e. The molecule has 5 atom stereocenters. The van der Waals surface area contributed by atoms with Gasteiger partial charge in [-0.1, -0.05) is 46.3 Å². The number of esters is 1. The monoisotopic (exact) mass is 408 g/mol. The number of fused-ring (bicyclic) bond motifs is 1. The van der Waals surface area contributed by atoms with Crippen LogP contribution in [0.4, 0.5) is 0 Å². The normalized spacial score (nSPS) is 29.1.